The van der Waals surface area contributed by atoms with Crippen LogP contribution in [-0.2, 0) is 9.53 Å². The normalized spacial score (nSPS) is 22.7. The Hall–Kier alpha value is -2.04. The second-order valence-corrected chi connectivity index (χ2v) is 7.26. The number of carboxylic acid groups (broad SMARTS) is 1. The average Bonchev–Trinajstić information content (AvgIpc) is 2.92. The molecule has 23 heavy (non-hydrogen) atoms. The lowest BCUT2D eigenvalue weighted by atomic mass is 9.88. The van der Waals surface area contributed by atoms with Gasteiger partial charge in [-0.2, -0.15) is 0 Å². The topological polar surface area (TPSA) is 66.8 Å². The van der Waals surface area contributed by atoms with E-state index in [0.717, 1.165) is 5.56 Å². The minimum atomic E-state index is -0.995. The predicted octanol–water partition coefficient (Wildman–Crippen LogP) is 3.36. The highest BCUT2D eigenvalue weighted by Crippen LogP contribution is 2.34. The maximum absolute atomic E-state index is 12.6. The summed E-state index contributed by atoms with van der Waals surface area (Å²) in [5, 5.41) is 9.26. The fraction of sp³-hybridized carbons (Fsp3) is 0.556. The van der Waals surface area contributed by atoms with Gasteiger partial charge in [-0.25, -0.2) is 4.79 Å². The molecule has 2 rings (SSSR count). The van der Waals surface area contributed by atoms with E-state index in [1.165, 1.54) is 4.90 Å². The molecule has 1 aromatic carbocycles. The number of carbonyl (C=O) groups excluding carboxylic acids is 1. The average molecular weight is 319 g/mol. The highest BCUT2D eigenvalue weighted by Gasteiger charge is 2.42. The molecule has 0 aromatic heterocycles. The third-order valence-corrected chi connectivity index (χ3v) is 4.63. The summed E-state index contributed by atoms with van der Waals surface area (Å²) in [7, 11) is 0. The van der Waals surface area contributed by atoms with Crippen molar-refractivity contribution < 1.29 is 19.4 Å². The Bertz CT molecular complexity index is 564. The van der Waals surface area contributed by atoms with Gasteiger partial charge in [-0.05, 0) is 17.9 Å². The van der Waals surface area contributed by atoms with Crippen LogP contribution in [-0.4, -0.2) is 41.3 Å². The number of ether oxygens (including phenoxy) is 1. The predicted molar refractivity (Wildman–Crippen MR) is 87.3 cm³/mol. The van der Waals surface area contributed by atoms with Gasteiger partial charge in [-0.3, -0.25) is 4.79 Å². The third kappa shape index (κ3) is 4.03. The minimum absolute atomic E-state index is 0.150. The van der Waals surface area contributed by atoms with Gasteiger partial charge < -0.3 is 14.7 Å². The van der Waals surface area contributed by atoms with Crippen molar-refractivity contribution in [1.29, 1.82) is 0 Å². The van der Waals surface area contributed by atoms with Crippen LogP contribution in [0.1, 0.15) is 39.2 Å². The van der Waals surface area contributed by atoms with Crippen LogP contribution in [0.15, 0.2) is 30.3 Å². The Balaban J connectivity index is 2.19. The molecule has 1 N–H and O–H groups in total. The van der Waals surface area contributed by atoms with Gasteiger partial charge >= 0.3 is 12.1 Å². The summed E-state index contributed by atoms with van der Waals surface area (Å²) in [6, 6.07) is 9.58. The summed E-state index contributed by atoms with van der Waals surface area (Å²) in [4.78, 5) is 25.2. The van der Waals surface area contributed by atoms with Crippen molar-refractivity contribution in [3.05, 3.63) is 35.9 Å². The molecule has 0 spiro atoms. The Morgan fingerprint density at radius 1 is 1.22 bits per heavy atom. The molecule has 1 amide bonds. The smallest absolute Gasteiger partial charge is 0.407 e. The molecule has 1 saturated heterocycles. The van der Waals surface area contributed by atoms with Crippen LogP contribution >= 0.6 is 0 Å². The molecule has 0 saturated carbocycles. The van der Waals surface area contributed by atoms with Crippen molar-refractivity contribution in [3.63, 3.8) is 0 Å². The van der Waals surface area contributed by atoms with Crippen LogP contribution in [0.5, 0.6) is 0 Å². The first-order valence-electron chi connectivity index (χ1n) is 7.93. The van der Waals surface area contributed by atoms with Crippen molar-refractivity contribution >= 4 is 12.1 Å². The maximum Gasteiger partial charge on any atom is 0.407 e. The number of carbonyl (C=O) groups is 2. The molecule has 0 aliphatic carbocycles. The van der Waals surface area contributed by atoms with E-state index >= 15 is 0 Å². The van der Waals surface area contributed by atoms with Gasteiger partial charge in [0.05, 0.1) is 5.92 Å². The third-order valence-electron chi connectivity index (χ3n) is 4.63. The van der Waals surface area contributed by atoms with E-state index in [9.17, 15) is 14.7 Å². The van der Waals surface area contributed by atoms with Gasteiger partial charge in [0.1, 0.15) is 6.10 Å². The summed E-state index contributed by atoms with van der Waals surface area (Å²) >= 11 is 0. The molecule has 0 radical (unpaired) electrons. The van der Waals surface area contributed by atoms with Gasteiger partial charge in [-0.15, -0.1) is 0 Å². The van der Waals surface area contributed by atoms with Crippen LogP contribution in [0, 0.1) is 11.3 Å². The fourth-order valence-corrected chi connectivity index (χ4v) is 2.68. The van der Waals surface area contributed by atoms with E-state index in [4.69, 9.17) is 4.74 Å². The zero-order chi connectivity index (χ0) is 17.2. The Kier molecular flexibility index (Phi) is 4.97. The van der Waals surface area contributed by atoms with Crippen molar-refractivity contribution in [1.82, 2.24) is 4.90 Å². The maximum atomic E-state index is 12.6. The highest BCUT2D eigenvalue weighted by atomic mass is 16.5. The number of benzene rings is 1. The van der Waals surface area contributed by atoms with Crippen LogP contribution in [0.3, 0.4) is 0 Å². The fourth-order valence-electron chi connectivity index (χ4n) is 2.68. The number of nitrogens with zero attached hydrogens (tertiary/aromatic N) is 1. The van der Waals surface area contributed by atoms with Crippen LogP contribution in [0.2, 0.25) is 0 Å². The van der Waals surface area contributed by atoms with Gasteiger partial charge in [0.2, 0.25) is 0 Å². The van der Waals surface area contributed by atoms with E-state index in [1.54, 1.807) is 0 Å². The summed E-state index contributed by atoms with van der Waals surface area (Å²) in [6.45, 7) is 8.42. The standard InChI is InChI=1S/C18H25NO4/c1-12(18(2,3)4)23-16(20)15-11-19(17(21)22)10-14(15)13-8-6-5-7-9-13/h5-9,12,14-15H,10-11H2,1-4H3,(H,21,22). The summed E-state index contributed by atoms with van der Waals surface area (Å²) in [5.41, 5.74) is 0.824. The monoisotopic (exact) mass is 319 g/mol. The molecule has 5 nitrogen and oxygen atoms in total. The number of hydrogen-bond acceptors (Lipinski definition) is 3. The number of rotatable bonds is 3. The Morgan fingerprint density at radius 2 is 1.83 bits per heavy atom. The minimum Gasteiger partial charge on any atom is -0.465 e. The molecular formula is C18H25NO4. The van der Waals surface area contributed by atoms with Crippen molar-refractivity contribution in [2.75, 3.05) is 13.1 Å². The van der Waals surface area contributed by atoms with E-state index < -0.39 is 12.0 Å². The van der Waals surface area contributed by atoms with Gasteiger partial charge in [0, 0.05) is 19.0 Å². The Labute approximate surface area is 137 Å². The van der Waals surface area contributed by atoms with Crippen molar-refractivity contribution in [2.24, 2.45) is 11.3 Å². The molecule has 1 aliphatic heterocycles. The molecule has 1 heterocycles. The number of hydrogen-bond donors (Lipinski definition) is 1. The first kappa shape index (κ1) is 17.3. The molecular weight excluding hydrogens is 294 g/mol. The lowest BCUT2D eigenvalue weighted by molar-refractivity contribution is -0.158. The van der Waals surface area contributed by atoms with E-state index in [1.807, 2.05) is 58.0 Å². The number of esters is 1. The lowest BCUT2D eigenvalue weighted by Gasteiger charge is -2.29. The van der Waals surface area contributed by atoms with E-state index in [0.29, 0.717) is 6.54 Å². The second-order valence-electron chi connectivity index (χ2n) is 7.26. The highest BCUT2D eigenvalue weighted by molar-refractivity contribution is 5.77. The van der Waals surface area contributed by atoms with E-state index in [2.05, 4.69) is 0 Å². The molecule has 3 unspecified atom stereocenters. The largest absolute Gasteiger partial charge is 0.465 e. The molecule has 3 atom stereocenters. The molecule has 5 heteroatoms. The molecule has 126 valence electrons. The SMILES string of the molecule is CC(OC(=O)C1CN(C(=O)O)CC1c1ccccc1)C(C)(C)C. The quantitative estimate of drug-likeness (QED) is 0.868. The van der Waals surface area contributed by atoms with Gasteiger partial charge in [-0.1, -0.05) is 51.1 Å². The lowest BCUT2D eigenvalue weighted by Crippen LogP contribution is -2.34. The zero-order valence-electron chi connectivity index (χ0n) is 14.2. The molecule has 1 aromatic rings. The Morgan fingerprint density at radius 3 is 2.35 bits per heavy atom. The first-order valence-corrected chi connectivity index (χ1v) is 7.93. The van der Waals surface area contributed by atoms with Gasteiger partial charge in [0.15, 0.2) is 0 Å². The summed E-state index contributed by atoms with van der Waals surface area (Å²) in [5.74, 6) is -0.935. The summed E-state index contributed by atoms with van der Waals surface area (Å²) in [6.07, 6.45) is -1.23. The molecule has 0 bridgehead atoms. The number of likely N-dealkylation sites (tertiary alicyclic amines) is 1. The molecule has 1 fully saturated rings. The van der Waals surface area contributed by atoms with Crippen molar-refractivity contribution in [2.45, 2.75) is 39.7 Å². The van der Waals surface area contributed by atoms with Crippen LogP contribution in [0.25, 0.3) is 0 Å². The number of amides is 1. The second kappa shape index (κ2) is 6.60. The van der Waals surface area contributed by atoms with Crippen LogP contribution < -0.4 is 0 Å². The zero-order valence-corrected chi connectivity index (χ0v) is 14.2. The summed E-state index contributed by atoms with van der Waals surface area (Å²) < 4.78 is 5.62. The molecule has 1 aliphatic rings. The van der Waals surface area contributed by atoms with Gasteiger partial charge in [0.25, 0.3) is 0 Å². The first-order chi connectivity index (χ1) is 10.7. The van der Waals surface area contributed by atoms with Crippen molar-refractivity contribution in [3.8, 4) is 0 Å². The van der Waals surface area contributed by atoms with E-state index in [-0.39, 0.29) is 30.0 Å². The van der Waals surface area contributed by atoms with Crippen LogP contribution in [0.4, 0.5) is 4.79 Å².